The van der Waals surface area contributed by atoms with Crippen molar-refractivity contribution in [3.8, 4) is 0 Å². The highest BCUT2D eigenvalue weighted by atomic mass is 127. The topological polar surface area (TPSA) is 53.7 Å². The molecule has 0 aliphatic rings. The summed E-state index contributed by atoms with van der Waals surface area (Å²) in [5, 5.41) is 3.30. The fraction of sp³-hybridized carbons (Fsp3) is 0.412. The normalized spacial score (nSPS) is 11.0. The van der Waals surface area contributed by atoms with Gasteiger partial charge in [-0.3, -0.25) is 0 Å². The molecule has 0 radical (unpaired) electrons. The Kier molecular flexibility index (Phi) is 8.08. The van der Waals surface area contributed by atoms with Crippen LogP contribution >= 0.6 is 24.0 Å². The van der Waals surface area contributed by atoms with E-state index in [2.05, 4.69) is 39.2 Å². The van der Waals surface area contributed by atoms with Crippen molar-refractivity contribution in [3.05, 3.63) is 53.2 Å². The molecule has 0 unspecified atom stereocenters. The third-order valence-corrected chi connectivity index (χ3v) is 3.40. The lowest BCUT2D eigenvalue weighted by molar-refractivity contribution is 0.458. The minimum absolute atomic E-state index is 0. The first-order valence-electron chi connectivity index (χ1n) is 7.56. The van der Waals surface area contributed by atoms with E-state index >= 15 is 0 Å². The highest BCUT2D eigenvalue weighted by Gasteiger charge is 2.09. The van der Waals surface area contributed by atoms with E-state index in [1.54, 1.807) is 0 Å². The van der Waals surface area contributed by atoms with Gasteiger partial charge in [0.1, 0.15) is 12.3 Å². The Bertz CT molecular complexity index is 605. The molecule has 0 aliphatic heterocycles. The Labute approximate surface area is 155 Å². The van der Waals surface area contributed by atoms with E-state index < -0.39 is 0 Å². The fourth-order valence-electron chi connectivity index (χ4n) is 2.15. The molecule has 0 atom stereocenters. The summed E-state index contributed by atoms with van der Waals surface area (Å²) < 4.78 is 5.58. The number of guanidine groups is 1. The second-order valence-corrected chi connectivity index (χ2v) is 5.26. The minimum atomic E-state index is 0. The van der Waals surface area contributed by atoms with Crippen molar-refractivity contribution in [1.29, 1.82) is 0 Å². The summed E-state index contributed by atoms with van der Waals surface area (Å²) in [5.41, 5.74) is 2.17. The smallest absolute Gasteiger partial charge is 0.216 e. The molecule has 1 N–H and O–H groups in total. The molecule has 0 saturated carbocycles. The molecule has 0 bridgehead atoms. The molecule has 1 heterocycles. The summed E-state index contributed by atoms with van der Waals surface area (Å²) in [4.78, 5) is 11.1. The third-order valence-electron chi connectivity index (χ3n) is 3.40. The maximum Gasteiger partial charge on any atom is 0.216 e. The first-order valence-corrected chi connectivity index (χ1v) is 7.56. The van der Waals surface area contributed by atoms with Crippen LogP contribution in [0.4, 0.5) is 0 Å². The van der Waals surface area contributed by atoms with E-state index in [9.17, 15) is 0 Å². The molecule has 2 aromatic rings. The molecule has 0 aliphatic carbocycles. The van der Waals surface area contributed by atoms with E-state index in [-0.39, 0.29) is 24.0 Å². The highest BCUT2D eigenvalue weighted by Crippen LogP contribution is 2.09. The van der Waals surface area contributed by atoms with Gasteiger partial charge in [0.15, 0.2) is 5.96 Å². The number of halogens is 1. The highest BCUT2D eigenvalue weighted by molar-refractivity contribution is 14.0. The molecule has 1 aromatic carbocycles. The average molecular weight is 428 g/mol. The van der Waals surface area contributed by atoms with Crippen molar-refractivity contribution >= 4 is 29.9 Å². The molecule has 1 aromatic heterocycles. The van der Waals surface area contributed by atoms with Gasteiger partial charge in [0.2, 0.25) is 5.89 Å². The summed E-state index contributed by atoms with van der Waals surface area (Å²) >= 11 is 0. The van der Waals surface area contributed by atoms with E-state index in [0.29, 0.717) is 12.4 Å². The predicted molar refractivity (Wildman–Crippen MR) is 104 cm³/mol. The molecular formula is C17H25IN4O. The van der Waals surface area contributed by atoms with Gasteiger partial charge in [0, 0.05) is 20.1 Å². The SMILES string of the molecule is CCNC(=NCc1nc(C)c(C)o1)N(C)Cc1ccccc1.I. The summed E-state index contributed by atoms with van der Waals surface area (Å²) in [6, 6.07) is 10.3. The number of nitrogens with zero attached hydrogens (tertiary/aromatic N) is 3. The Morgan fingerprint density at radius 2 is 1.96 bits per heavy atom. The van der Waals surface area contributed by atoms with Gasteiger partial charge in [-0.2, -0.15) is 0 Å². The second-order valence-electron chi connectivity index (χ2n) is 5.26. The molecule has 6 heteroatoms. The van der Waals surface area contributed by atoms with Gasteiger partial charge in [-0.25, -0.2) is 9.98 Å². The number of nitrogens with one attached hydrogen (secondary N) is 1. The zero-order valence-corrected chi connectivity index (χ0v) is 16.5. The van der Waals surface area contributed by atoms with Crippen LogP contribution in [0.5, 0.6) is 0 Å². The molecule has 0 spiro atoms. The molecule has 0 fully saturated rings. The summed E-state index contributed by atoms with van der Waals surface area (Å²) in [5.74, 6) is 2.35. The third kappa shape index (κ3) is 5.85. The fourth-order valence-corrected chi connectivity index (χ4v) is 2.15. The average Bonchev–Trinajstić information content (AvgIpc) is 2.83. The standard InChI is InChI=1S/C17H24N4O.HI/c1-5-18-17(19-11-16-20-13(2)14(3)22-16)21(4)12-15-9-7-6-8-10-15;/h6-10H,5,11-12H2,1-4H3,(H,18,19);1H. The van der Waals surface area contributed by atoms with Crippen LogP contribution in [0, 0.1) is 13.8 Å². The molecule has 5 nitrogen and oxygen atoms in total. The maximum absolute atomic E-state index is 5.58. The van der Waals surface area contributed by atoms with Crippen molar-refractivity contribution < 1.29 is 4.42 Å². The van der Waals surface area contributed by atoms with Gasteiger partial charge < -0.3 is 14.6 Å². The Hall–Kier alpha value is -1.57. The van der Waals surface area contributed by atoms with Gasteiger partial charge in [-0.05, 0) is 26.3 Å². The number of hydrogen-bond donors (Lipinski definition) is 1. The van der Waals surface area contributed by atoms with E-state index in [1.807, 2.05) is 39.1 Å². The zero-order chi connectivity index (χ0) is 15.9. The lowest BCUT2D eigenvalue weighted by Gasteiger charge is -2.22. The largest absolute Gasteiger partial charge is 0.444 e. The lowest BCUT2D eigenvalue weighted by Crippen LogP contribution is -2.38. The van der Waals surface area contributed by atoms with Crippen molar-refractivity contribution in [2.75, 3.05) is 13.6 Å². The molecule has 0 saturated heterocycles. The number of aliphatic imine (C=N–C) groups is 1. The Balaban J connectivity index is 0.00000264. The van der Waals surface area contributed by atoms with Crippen LogP contribution in [-0.2, 0) is 13.1 Å². The van der Waals surface area contributed by atoms with Gasteiger partial charge >= 0.3 is 0 Å². The summed E-state index contributed by atoms with van der Waals surface area (Å²) in [7, 11) is 2.03. The zero-order valence-electron chi connectivity index (χ0n) is 14.2. The van der Waals surface area contributed by atoms with Crippen LogP contribution in [0.15, 0.2) is 39.7 Å². The summed E-state index contributed by atoms with van der Waals surface area (Å²) in [6.07, 6.45) is 0. The van der Waals surface area contributed by atoms with Crippen LogP contribution in [-0.4, -0.2) is 29.4 Å². The van der Waals surface area contributed by atoms with Crippen LogP contribution in [0.25, 0.3) is 0 Å². The number of hydrogen-bond acceptors (Lipinski definition) is 3. The van der Waals surface area contributed by atoms with Crippen LogP contribution in [0.2, 0.25) is 0 Å². The first kappa shape index (κ1) is 19.5. The second kappa shape index (κ2) is 9.54. The number of oxazole rings is 1. The van der Waals surface area contributed by atoms with Crippen LogP contribution in [0.3, 0.4) is 0 Å². The molecule has 2 rings (SSSR count). The van der Waals surface area contributed by atoms with Crippen molar-refractivity contribution in [3.63, 3.8) is 0 Å². The molecule has 0 amide bonds. The van der Waals surface area contributed by atoms with Gasteiger partial charge in [-0.1, -0.05) is 30.3 Å². The van der Waals surface area contributed by atoms with Crippen LogP contribution < -0.4 is 5.32 Å². The summed E-state index contributed by atoms with van der Waals surface area (Å²) in [6.45, 7) is 7.99. The number of benzene rings is 1. The Morgan fingerprint density at radius 1 is 1.26 bits per heavy atom. The number of aryl methyl sites for hydroxylation is 2. The van der Waals surface area contributed by atoms with Crippen molar-refractivity contribution in [1.82, 2.24) is 15.2 Å². The van der Waals surface area contributed by atoms with Crippen LogP contribution in [0.1, 0.15) is 29.8 Å². The van der Waals surface area contributed by atoms with Gasteiger partial charge in [0.25, 0.3) is 0 Å². The first-order chi connectivity index (χ1) is 10.6. The minimum Gasteiger partial charge on any atom is -0.444 e. The van der Waals surface area contributed by atoms with Gasteiger partial charge in [0.05, 0.1) is 5.69 Å². The number of aromatic nitrogens is 1. The lowest BCUT2D eigenvalue weighted by atomic mass is 10.2. The molecule has 23 heavy (non-hydrogen) atoms. The number of rotatable bonds is 5. The van der Waals surface area contributed by atoms with E-state index in [0.717, 1.165) is 30.5 Å². The predicted octanol–water partition coefficient (Wildman–Crippen LogP) is 3.51. The van der Waals surface area contributed by atoms with E-state index in [1.165, 1.54) is 5.56 Å². The molecule has 126 valence electrons. The molecular weight excluding hydrogens is 403 g/mol. The van der Waals surface area contributed by atoms with Gasteiger partial charge in [-0.15, -0.1) is 24.0 Å². The quantitative estimate of drug-likeness (QED) is 0.450. The monoisotopic (exact) mass is 428 g/mol. The maximum atomic E-state index is 5.58. The van der Waals surface area contributed by atoms with Crippen molar-refractivity contribution in [2.45, 2.75) is 33.9 Å². The van der Waals surface area contributed by atoms with E-state index in [4.69, 9.17) is 4.42 Å². The van der Waals surface area contributed by atoms with Crippen molar-refractivity contribution in [2.24, 2.45) is 4.99 Å². The Morgan fingerprint density at radius 3 is 2.52 bits per heavy atom.